The van der Waals surface area contributed by atoms with Gasteiger partial charge in [0.15, 0.2) is 0 Å². The van der Waals surface area contributed by atoms with Gasteiger partial charge in [0, 0.05) is 13.1 Å². The summed E-state index contributed by atoms with van der Waals surface area (Å²) in [5.41, 5.74) is 4.05. The van der Waals surface area contributed by atoms with Gasteiger partial charge in [0.1, 0.15) is 0 Å². The number of halogens is 1. The normalized spacial score (nSPS) is 12.9. The second-order valence-corrected chi connectivity index (χ2v) is 6.50. The average Bonchev–Trinajstić information content (AvgIpc) is 3.11. The summed E-state index contributed by atoms with van der Waals surface area (Å²) in [5.74, 6) is -0.331. The number of amides is 1. The first kappa shape index (κ1) is 19.1. The Morgan fingerprint density at radius 1 is 1.07 bits per heavy atom. The minimum Gasteiger partial charge on any atom is -0.350 e. The molecule has 3 aromatic rings. The molecule has 1 amide bonds. The van der Waals surface area contributed by atoms with Crippen molar-refractivity contribution >= 4 is 18.3 Å². The largest absolute Gasteiger partial charge is 0.350 e. The molecule has 0 saturated heterocycles. The van der Waals surface area contributed by atoms with E-state index >= 15 is 0 Å². The lowest BCUT2D eigenvalue weighted by molar-refractivity contribution is -0.121. The topological polar surface area (TPSA) is 59.0 Å². The van der Waals surface area contributed by atoms with Crippen LogP contribution in [-0.2, 0) is 24.4 Å². The highest BCUT2D eigenvalue weighted by atomic mass is 35.5. The monoisotopic (exact) mass is 382 g/mol. The maximum atomic E-state index is 13.0. The Bertz CT molecular complexity index is 817. The summed E-state index contributed by atoms with van der Waals surface area (Å²) in [5, 5.41) is 11.0. The molecule has 0 aliphatic carbocycles. The third-order valence-electron chi connectivity index (χ3n) is 4.69. The van der Waals surface area contributed by atoms with Crippen molar-refractivity contribution in [3.63, 3.8) is 0 Å². The van der Waals surface area contributed by atoms with Crippen LogP contribution in [0.4, 0.5) is 0 Å². The van der Waals surface area contributed by atoms with E-state index in [9.17, 15) is 4.79 Å². The number of fused-ring (bicyclic) bond motifs is 1. The third-order valence-corrected chi connectivity index (χ3v) is 4.69. The molecular weight excluding hydrogens is 360 g/mol. The highest BCUT2D eigenvalue weighted by Crippen LogP contribution is 2.24. The number of hydrogen-bond donors (Lipinski definition) is 2. The van der Waals surface area contributed by atoms with Crippen LogP contribution >= 0.6 is 12.4 Å². The molecule has 2 N–H and O–H groups in total. The van der Waals surface area contributed by atoms with E-state index in [1.165, 1.54) is 5.69 Å². The fraction of sp³-hybridized carbons (Fsp3) is 0.238. The van der Waals surface area contributed by atoms with Gasteiger partial charge < -0.3 is 10.6 Å². The first-order valence-corrected chi connectivity index (χ1v) is 8.95. The van der Waals surface area contributed by atoms with Crippen LogP contribution in [0.5, 0.6) is 0 Å². The summed E-state index contributed by atoms with van der Waals surface area (Å²) < 4.78 is 2.02. The van der Waals surface area contributed by atoms with E-state index in [-0.39, 0.29) is 24.2 Å². The molecule has 1 aliphatic heterocycles. The van der Waals surface area contributed by atoms with Gasteiger partial charge in [-0.05, 0) is 17.2 Å². The van der Waals surface area contributed by atoms with Gasteiger partial charge in [-0.25, -0.2) is 0 Å². The van der Waals surface area contributed by atoms with E-state index in [2.05, 4.69) is 21.8 Å². The number of carbonyl (C=O) groups is 1. The second-order valence-electron chi connectivity index (χ2n) is 6.50. The molecule has 0 fully saturated rings. The Morgan fingerprint density at radius 2 is 1.70 bits per heavy atom. The highest BCUT2D eigenvalue weighted by Gasteiger charge is 2.22. The Labute approximate surface area is 165 Å². The molecule has 1 aromatic heterocycles. The summed E-state index contributed by atoms with van der Waals surface area (Å²) in [7, 11) is 0. The lowest BCUT2D eigenvalue weighted by Crippen LogP contribution is -2.30. The first-order valence-electron chi connectivity index (χ1n) is 8.95. The fourth-order valence-corrected chi connectivity index (χ4v) is 3.40. The van der Waals surface area contributed by atoms with Crippen molar-refractivity contribution in [2.45, 2.75) is 25.6 Å². The number of rotatable bonds is 5. The van der Waals surface area contributed by atoms with Crippen LogP contribution < -0.4 is 10.6 Å². The van der Waals surface area contributed by atoms with Crippen LogP contribution in [0.25, 0.3) is 0 Å². The maximum Gasteiger partial charge on any atom is 0.232 e. The van der Waals surface area contributed by atoms with E-state index in [0.29, 0.717) is 6.54 Å². The van der Waals surface area contributed by atoms with Crippen molar-refractivity contribution in [2.75, 3.05) is 6.54 Å². The molecule has 5 nitrogen and oxygen atoms in total. The zero-order valence-corrected chi connectivity index (χ0v) is 15.8. The van der Waals surface area contributed by atoms with E-state index in [0.717, 1.165) is 36.5 Å². The minimum absolute atomic E-state index is 0. The van der Waals surface area contributed by atoms with Gasteiger partial charge in [0.05, 0.1) is 30.4 Å². The maximum absolute atomic E-state index is 13.0. The zero-order chi connectivity index (χ0) is 17.8. The molecule has 27 heavy (non-hydrogen) atoms. The van der Waals surface area contributed by atoms with Gasteiger partial charge in [-0.1, -0.05) is 60.7 Å². The van der Waals surface area contributed by atoms with Gasteiger partial charge in [0.2, 0.25) is 5.91 Å². The molecule has 4 rings (SSSR count). The lowest BCUT2D eigenvalue weighted by Gasteiger charge is -2.17. The van der Waals surface area contributed by atoms with Gasteiger partial charge in [-0.15, -0.1) is 12.4 Å². The number of nitrogens with zero attached hydrogens (tertiary/aromatic N) is 2. The number of carbonyl (C=O) groups excluding carboxylic acids is 1. The standard InChI is InChI=1S/C21H22N4O.ClH/c26-21(23-14-18-13-19-15-22-11-12-25(19)24-18)20(16-7-3-1-4-8-16)17-9-5-2-6-10-17;/h1-10,13,20,22H,11-12,14-15H2,(H,23,26);1H. The third kappa shape index (κ3) is 4.38. The van der Waals surface area contributed by atoms with Gasteiger partial charge in [-0.3, -0.25) is 9.48 Å². The average molecular weight is 383 g/mol. The van der Waals surface area contributed by atoms with Crippen LogP contribution in [0.3, 0.4) is 0 Å². The van der Waals surface area contributed by atoms with Crippen LogP contribution in [0, 0.1) is 0 Å². The van der Waals surface area contributed by atoms with Gasteiger partial charge in [-0.2, -0.15) is 5.10 Å². The Hall–Kier alpha value is -2.63. The second kappa shape index (κ2) is 8.84. The molecule has 0 saturated carbocycles. The SMILES string of the molecule is Cl.O=C(NCc1cc2n(n1)CCNC2)C(c1ccccc1)c1ccccc1. The van der Waals surface area contributed by atoms with Crippen molar-refractivity contribution in [3.05, 3.63) is 89.2 Å². The van der Waals surface area contributed by atoms with Crippen LogP contribution in [0.1, 0.15) is 28.4 Å². The molecule has 0 bridgehead atoms. The van der Waals surface area contributed by atoms with Crippen molar-refractivity contribution in [3.8, 4) is 0 Å². The van der Waals surface area contributed by atoms with Crippen molar-refractivity contribution in [2.24, 2.45) is 0 Å². The van der Waals surface area contributed by atoms with E-state index in [1.807, 2.05) is 65.3 Å². The molecule has 6 heteroatoms. The number of hydrogen-bond acceptors (Lipinski definition) is 3. The fourth-order valence-electron chi connectivity index (χ4n) is 3.40. The van der Waals surface area contributed by atoms with Crippen molar-refractivity contribution in [1.29, 1.82) is 0 Å². The number of benzene rings is 2. The van der Waals surface area contributed by atoms with Crippen molar-refractivity contribution in [1.82, 2.24) is 20.4 Å². The van der Waals surface area contributed by atoms with E-state index in [4.69, 9.17) is 0 Å². The summed E-state index contributed by atoms with van der Waals surface area (Å²) in [4.78, 5) is 13.0. The summed E-state index contributed by atoms with van der Waals surface area (Å²) in [6, 6.07) is 21.9. The van der Waals surface area contributed by atoms with E-state index < -0.39 is 0 Å². The predicted molar refractivity (Wildman–Crippen MR) is 108 cm³/mol. The van der Waals surface area contributed by atoms with Crippen LogP contribution in [0.2, 0.25) is 0 Å². The Balaban J connectivity index is 0.00000210. The molecule has 140 valence electrons. The Morgan fingerprint density at radius 3 is 2.30 bits per heavy atom. The number of aromatic nitrogens is 2. The smallest absolute Gasteiger partial charge is 0.232 e. The quantitative estimate of drug-likeness (QED) is 0.713. The molecule has 0 atom stereocenters. The molecule has 0 radical (unpaired) electrons. The van der Waals surface area contributed by atoms with Gasteiger partial charge >= 0.3 is 0 Å². The first-order chi connectivity index (χ1) is 12.8. The Kier molecular flexibility index (Phi) is 6.27. The minimum atomic E-state index is -0.323. The molecular formula is C21H23ClN4O. The molecule has 0 unspecified atom stereocenters. The lowest BCUT2D eigenvalue weighted by atomic mass is 9.90. The molecule has 1 aliphatic rings. The van der Waals surface area contributed by atoms with Crippen LogP contribution in [-0.4, -0.2) is 22.2 Å². The van der Waals surface area contributed by atoms with Gasteiger partial charge in [0.25, 0.3) is 0 Å². The summed E-state index contributed by atoms with van der Waals surface area (Å²) >= 11 is 0. The van der Waals surface area contributed by atoms with E-state index in [1.54, 1.807) is 0 Å². The predicted octanol–water partition coefficient (Wildman–Crippen LogP) is 2.86. The summed E-state index contributed by atoms with van der Waals surface area (Å²) in [6.07, 6.45) is 0. The molecule has 0 spiro atoms. The number of nitrogens with one attached hydrogen (secondary N) is 2. The highest BCUT2D eigenvalue weighted by molar-refractivity contribution is 5.87. The molecule has 2 heterocycles. The zero-order valence-electron chi connectivity index (χ0n) is 15.0. The molecule has 2 aromatic carbocycles. The summed E-state index contributed by atoms with van der Waals surface area (Å²) in [6.45, 7) is 3.08. The van der Waals surface area contributed by atoms with Crippen molar-refractivity contribution < 1.29 is 4.79 Å². The van der Waals surface area contributed by atoms with Crippen LogP contribution in [0.15, 0.2) is 66.7 Å².